The van der Waals surface area contributed by atoms with E-state index in [9.17, 15) is 19.2 Å². The molecule has 2 heterocycles. The van der Waals surface area contributed by atoms with Crippen molar-refractivity contribution in [2.75, 3.05) is 11.9 Å². The lowest BCUT2D eigenvalue weighted by atomic mass is 10.2. The van der Waals surface area contributed by atoms with Crippen LogP contribution in [0.5, 0.6) is 0 Å². The number of carbonyl (C=O) groups excluding carboxylic acids is 3. The molecule has 1 aliphatic rings. The highest BCUT2D eigenvalue weighted by Gasteiger charge is 2.36. The van der Waals surface area contributed by atoms with Crippen LogP contribution in [0.3, 0.4) is 0 Å². The third-order valence-electron chi connectivity index (χ3n) is 4.90. The Labute approximate surface area is 186 Å². The van der Waals surface area contributed by atoms with Crippen LogP contribution < -0.4 is 11.0 Å². The summed E-state index contributed by atoms with van der Waals surface area (Å²) >= 11 is 6.59. The van der Waals surface area contributed by atoms with Gasteiger partial charge in [-0.3, -0.25) is 28.4 Å². The number of nitrogens with zero attached hydrogens (tertiary/aromatic N) is 3. The maximum absolute atomic E-state index is 12.7. The Morgan fingerprint density at radius 3 is 2.42 bits per heavy atom. The van der Waals surface area contributed by atoms with Crippen LogP contribution in [0.2, 0.25) is 5.02 Å². The number of hydrogen-bond donors (Lipinski definition) is 1. The van der Waals surface area contributed by atoms with Crippen LogP contribution in [-0.4, -0.2) is 37.6 Å². The Morgan fingerprint density at radius 2 is 1.71 bits per heavy atom. The molecule has 0 radical (unpaired) electrons. The minimum Gasteiger partial charge on any atom is -0.325 e. The Kier molecular flexibility index (Phi) is 5.47. The third-order valence-corrected chi connectivity index (χ3v) is 6.06. The second-order valence-corrected chi connectivity index (χ2v) is 8.40. The number of aromatic nitrogens is 2. The van der Waals surface area contributed by atoms with Crippen molar-refractivity contribution in [1.29, 1.82) is 0 Å². The molecule has 1 saturated heterocycles. The van der Waals surface area contributed by atoms with E-state index in [1.165, 1.54) is 9.13 Å². The molecule has 1 aliphatic heterocycles. The van der Waals surface area contributed by atoms with Crippen molar-refractivity contribution >= 4 is 63.2 Å². The molecule has 31 heavy (non-hydrogen) atoms. The number of rotatable bonds is 4. The SMILES string of the molecule is Cn1c(=O)n(C)c2cc(/C=C3/SC(=O)N(CC(=O)Nc4ccc(Cl)cc4)C3=O)ccc21. The molecular weight excluding hydrogens is 440 g/mol. The summed E-state index contributed by atoms with van der Waals surface area (Å²) in [5.74, 6) is -1.03. The molecule has 2 aromatic carbocycles. The average molecular weight is 457 g/mol. The Bertz CT molecular complexity index is 1320. The number of nitrogens with one attached hydrogen (secondary N) is 1. The lowest BCUT2D eigenvalue weighted by Crippen LogP contribution is -2.36. The largest absolute Gasteiger partial charge is 0.328 e. The Morgan fingerprint density at radius 1 is 1.03 bits per heavy atom. The molecule has 8 nitrogen and oxygen atoms in total. The van der Waals surface area contributed by atoms with Gasteiger partial charge in [-0.25, -0.2) is 4.79 Å². The van der Waals surface area contributed by atoms with Gasteiger partial charge in [0.1, 0.15) is 6.54 Å². The molecule has 0 saturated carbocycles. The molecule has 158 valence electrons. The van der Waals surface area contributed by atoms with Crippen LogP contribution in [0, 0.1) is 0 Å². The summed E-state index contributed by atoms with van der Waals surface area (Å²) in [4.78, 5) is 50.5. The van der Waals surface area contributed by atoms with Crippen LogP contribution in [0.4, 0.5) is 10.5 Å². The lowest BCUT2D eigenvalue weighted by Gasteiger charge is -2.12. The highest BCUT2D eigenvalue weighted by atomic mass is 35.5. The van der Waals surface area contributed by atoms with Crippen LogP contribution in [0.15, 0.2) is 52.2 Å². The number of imidazole rings is 1. The number of imide groups is 1. The van der Waals surface area contributed by atoms with Gasteiger partial charge in [-0.15, -0.1) is 0 Å². The maximum atomic E-state index is 12.7. The predicted octanol–water partition coefficient (Wildman–Crippen LogP) is 3.21. The molecule has 1 N–H and O–H groups in total. The monoisotopic (exact) mass is 456 g/mol. The first-order valence-corrected chi connectivity index (χ1v) is 10.4. The minimum absolute atomic E-state index is 0.154. The van der Waals surface area contributed by atoms with Gasteiger partial charge in [-0.2, -0.15) is 0 Å². The van der Waals surface area contributed by atoms with E-state index in [2.05, 4.69) is 5.32 Å². The van der Waals surface area contributed by atoms with Gasteiger partial charge in [0.2, 0.25) is 5.91 Å². The van der Waals surface area contributed by atoms with Crippen molar-refractivity contribution in [2.45, 2.75) is 0 Å². The van der Waals surface area contributed by atoms with E-state index in [0.717, 1.165) is 22.2 Å². The molecule has 0 unspecified atom stereocenters. The standard InChI is InChI=1S/C21H17ClN4O4S/c1-24-15-8-3-12(9-16(15)25(2)20(24)29)10-17-19(28)26(21(30)31-17)11-18(27)23-14-6-4-13(22)5-7-14/h3-10H,11H2,1-2H3,(H,23,27)/b17-10+. The first-order valence-electron chi connectivity index (χ1n) is 9.21. The smallest absolute Gasteiger partial charge is 0.325 e. The van der Waals surface area contributed by atoms with Gasteiger partial charge in [0.05, 0.1) is 15.9 Å². The van der Waals surface area contributed by atoms with E-state index in [0.29, 0.717) is 21.8 Å². The highest BCUT2D eigenvalue weighted by Crippen LogP contribution is 2.32. The number of anilines is 1. The molecular formula is C21H17ClN4O4S. The van der Waals surface area contributed by atoms with E-state index in [1.54, 1.807) is 62.6 Å². The van der Waals surface area contributed by atoms with E-state index in [4.69, 9.17) is 11.6 Å². The summed E-state index contributed by atoms with van der Waals surface area (Å²) in [6, 6.07) is 11.8. The van der Waals surface area contributed by atoms with Crippen molar-refractivity contribution in [3.63, 3.8) is 0 Å². The molecule has 0 spiro atoms. The van der Waals surface area contributed by atoms with Gasteiger partial charge in [0.25, 0.3) is 11.1 Å². The minimum atomic E-state index is -0.539. The molecule has 0 bridgehead atoms. The lowest BCUT2D eigenvalue weighted by molar-refractivity contribution is -0.127. The molecule has 1 fully saturated rings. The van der Waals surface area contributed by atoms with Crippen LogP contribution in [-0.2, 0) is 23.7 Å². The van der Waals surface area contributed by atoms with E-state index in [1.807, 2.05) is 0 Å². The molecule has 4 rings (SSSR count). The van der Waals surface area contributed by atoms with Crippen molar-refractivity contribution in [1.82, 2.24) is 14.0 Å². The first kappa shape index (κ1) is 21.0. The Hall–Kier alpha value is -3.30. The van der Waals surface area contributed by atoms with E-state index < -0.39 is 23.6 Å². The van der Waals surface area contributed by atoms with Crippen LogP contribution in [0.25, 0.3) is 17.1 Å². The van der Waals surface area contributed by atoms with Gasteiger partial charge in [-0.1, -0.05) is 17.7 Å². The molecule has 3 aromatic rings. The van der Waals surface area contributed by atoms with Crippen molar-refractivity contribution in [2.24, 2.45) is 14.1 Å². The summed E-state index contributed by atoms with van der Waals surface area (Å²) in [6.07, 6.45) is 1.58. The first-order chi connectivity index (χ1) is 14.7. The molecule has 0 atom stereocenters. The zero-order valence-corrected chi connectivity index (χ0v) is 18.2. The fourth-order valence-electron chi connectivity index (χ4n) is 3.28. The summed E-state index contributed by atoms with van der Waals surface area (Å²) in [7, 11) is 3.35. The summed E-state index contributed by atoms with van der Waals surface area (Å²) in [5.41, 5.74) is 2.50. The molecule has 10 heteroatoms. The predicted molar refractivity (Wildman–Crippen MR) is 121 cm³/mol. The third kappa shape index (κ3) is 4.01. The second-order valence-electron chi connectivity index (χ2n) is 6.97. The molecule has 0 aliphatic carbocycles. The molecule has 1 aromatic heterocycles. The fourth-order valence-corrected chi connectivity index (χ4v) is 4.24. The van der Waals surface area contributed by atoms with Gasteiger partial charge < -0.3 is 5.32 Å². The number of thioether (sulfide) groups is 1. The van der Waals surface area contributed by atoms with Crippen molar-refractivity contribution in [3.05, 3.63) is 68.4 Å². The second kappa shape index (κ2) is 8.09. The van der Waals surface area contributed by atoms with E-state index in [-0.39, 0.29) is 10.6 Å². The zero-order valence-electron chi connectivity index (χ0n) is 16.6. The number of amides is 3. The number of benzene rings is 2. The number of halogens is 1. The van der Waals surface area contributed by atoms with Crippen molar-refractivity contribution < 1.29 is 14.4 Å². The van der Waals surface area contributed by atoms with Gasteiger partial charge >= 0.3 is 5.69 Å². The summed E-state index contributed by atoms with van der Waals surface area (Å²) < 4.78 is 3.05. The Balaban J connectivity index is 1.52. The summed E-state index contributed by atoms with van der Waals surface area (Å²) in [6.45, 7) is -0.392. The fraction of sp³-hybridized carbons (Fsp3) is 0.143. The number of aryl methyl sites for hydroxylation is 2. The quantitative estimate of drug-likeness (QED) is 0.608. The van der Waals surface area contributed by atoms with Gasteiger partial charge in [-0.05, 0) is 59.8 Å². The highest BCUT2D eigenvalue weighted by molar-refractivity contribution is 8.18. The number of fused-ring (bicyclic) bond motifs is 1. The van der Waals surface area contributed by atoms with E-state index >= 15 is 0 Å². The van der Waals surface area contributed by atoms with Crippen molar-refractivity contribution in [3.8, 4) is 0 Å². The van der Waals surface area contributed by atoms with Crippen LogP contribution in [0.1, 0.15) is 5.56 Å². The normalized spacial score (nSPS) is 15.3. The topological polar surface area (TPSA) is 93.4 Å². The number of hydrogen-bond acceptors (Lipinski definition) is 5. The zero-order chi connectivity index (χ0) is 22.3. The maximum Gasteiger partial charge on any atom is 0.328 e. The molecule has 3 amide bonds. The average Bonchev–Trinajstić information content (AvgIpc) is 3.12. The van der Waals surface area contributed by atoms with Gasteiger partial charge in [0.15, 0.2) is 0 Å². The van der Waals surface area contributed by atoms with Crippen LogP contribution >= 0.6 is 23.4 Å². The van der Waals surface area contributed by atoms with Gasteiger partial charge in [0, 0.05) is 24.8 Å². The number of carbonyl (C=O) groups is 3. The summed E-state index contributed by atoms with van der Waals surface area (Å²) in [5, 5.41) is 2.64.